The minimum Gasteiger partial charge on any atom is -0.390 e. The molecule has 18 heavy (non-hydrogen) atoms. The van der Waals surface area contributed by atoms with E-state index in [1.807, 2.05) is 19.9 Å². The van der Waals surface area contributed by atoms with Crippen molar-refractivity contribution in [2.75, 3.05) is 6.61 Å². The Balaban J connectivity index is 2.52. The molecule has 0 aromatic heterocycles. The summed E-state index contributed by atoms with van der Waals surface area (Å²) in [6.07, 6.45) is 2.54. The average molecular weight is 250 g/mol. The molecule has 0 fully saturated rings. The monoisotopic (exact) mass is 250 g/mol. The molecule has 0 aliphatic rings. The SMILES string of the molecule is CCC(C)(Cc1ccccc1)OCCC(C)(C)O. The molecule has 1 N–H and O–H groups in total. The molecule has 1 aromatic carbocycles. The molecule has 0 aliphatic carbocycles. The predicted molar refractivity (Wildman–Crippen MR) is 75.7 cm³/mol. The van der Waals surface area contributed by atoms with Gasteiger partial charge in [-0.1, -0.05) is 37.3 Å². The van der Waals surface area contributed by atoms with Gasteiger partial charge in [-0.2, -0.15) is 0 Å². The van der Waals surface area contributed by atoms with Crippen LogP contribution in [0, 0.1) is 0 Å². The van der Waals surface area contributed by atoms with Crippen molar-refractivity contribution in [1.29, 1.82) is 0 Å². The summed E-state index contributed by atoms with van der Waals surface area (Å²) in [4.78, 5) is 0. The number of aliphatic hydroxyl groups is 1. The molecule has 0 saturated heterocycles. The smallest absolute Gasteiger partial charge is 0.0692 e. The van der Waals surface area contributed by atoms with Gasteiger partial charge in [0.1, 0.15) is 0 Å². The molecule has 0 aliphatic heterocycles. The summed E-state index contributed by atoms with van der Waals surface area (Å²) in [6.45, 7) is 8.52. The van der Waals surface area contributed by atoms with E-state index in [1.54, 1.807) is 0 Å². The first-order chi connectivity index (χ1) is 8.35. The summed E-state index contributed by atoms with van der Waals surface area (Å²) >= 11 is 0. The highest BCUT2D eigenvalue weighted by atomic mass is 16.5. The largest absolute Gasteiger partial charge is 0.390 e. The van der Waals surface area contributed by atoms with Crippen LogP contribution >= 0.6 is 0 Å². The summed E-state index contributed by atoms with van der Waals surface area (Å²) in [7, 11) is 0. The second kappa shape index (κ2) is 6.35. The molecule has 0 radical (unpaired) electrons. The van der Waals surface area contributed by atoms with Crippen molar-refractivity contribution in [3.05, 3.63) is 35.9 Å². The Morgan fingerprint density at radius 3 is 2.22 bits per heavy atom. The number of rotatable bonds is 7. The van der Waals surface area contributed by atoms with Gasteiger partial charge >= 0.3 is 0 Å². The minimum absolute atomic E-state index is 0.146. The van der Waals surface area contributed by atoms with Crippen molar-refractivity contribution in [3.63, 3.8) is 0 Å². The zero-order chi connectivity index (χ0) is 13.6. The molecule has 0 heterocycles. The number of benzene rings is 1. The maximum Gasteiger partial charge on any atom is 0.0692 e. The molecule has 102 valence electrons. The molecule has 0 amide bonds. The standard InChI is InChI=1S/C16H26O2/c1-5-16(4,18-12-11-15(2,3)17)13-14-9-7-6-8-10-14/h6-10,17H,5,11-13H2,1-4H3. The molecule has 1 aromatic rings. The van der Waals surface area contributed by atoms with Crippen LogP contribution in [-0.4, -0.2) is 22.9 Å². The number of ether oxygens (including phenoxy) is 1. The second-order valence-corrected chi connectivity index (χ2v) is 5.88. The van der Waals surface area contributed by atoms with E-state index in [0.717, 1.165) is 12.8 Å². The third-order valence-corrected chi connectivity index (χ3v) is 3.33. The van der Waals surface area contributed by atoms with Crippen molar-refractivity contribution in [3.8, 4) is 0 Å². The van der Waals surface area contributed by atoms with Crippen LogP contribution in [0.5, 0.6) is 0 Å². The molecule has 1 rings (SSSR count). The van der Waals surface area contributed by atoms with Gasteiger partial charge in [0.2, 0.25) is 0 Å². The summed E-state index contributed by atoms with van der Waals surface area (Å²) in [5.74, 6) is 0. The molecule has 2 nitrogen and oxygen atoms in total. The first-order valence-corrected chi connectivity index (χ1v) is 6.75. The van der Waals surface area contributed by atoms with Gasteiger partial charge in [0.15, 0.2) is 0 Å². The van der Waals surface area contributed by atoms with E-state index in [0.29, 0.717) is 13.0 Å². The van der Waals surface area contributed by atoms with Crippen LogP contribution in [0.4, 0.5) is 0 Å². The lowest BCUT2D eigenvalue weighted by Gasteiger charge is -2.30. The van der Waals surface area contributed by atoms with E-state index < -0.39 is 5.60 Å². The maximum atomic E-state index is 9.70. The highest BCUT2D eigenvalue weighted by Crippen LogP contribution is 2.22. The Kier molecular flexibility index (Phi) is 5.36. The van der Waals surface area contributed by atoms with Gasteiger partial charge < -0.3 is 9.84 Å². The maximum absolute atomic E-state index is 9.70. The highest BCUT2D eigenvalue weighted by molar-refractivity contribution is 5.16. The van der Waals surface area contributed by atoms with Crippen LogP contribution in [-0.2, 0) is 11.2 Å². The second-order valence-electron chi connectivity index (χ2n) is 5.88. The van der Waals surface area contributed by atoms with Gasteiger partial charge in [-0.05, 0) is 39.2 Å². The first-order valence-electron chi connectivity index (χ1n) is 6.75. The van der Waals surface area contributed by atoms with Crippen LogP contribution < -0.4 is 0 Å². The van der Waals surface area contributed by atoms with E-state index in [1.165, 1.54) is 5.56 Å². The molecule has 0 saturated carbocycles. The Hall–Kier alpha value is -0.860. The average Bonchev–Trinajstić information content (AvgIpc) is 2.28. The lowest BCUT2D eigenvalue weighted by atomic mass is 9.93. The van der Waals surface area contributed by atoms with Crippen LogP contribution in [0.2, 0.25) is 0 Å². The van der Waals surface area contributed by atoms with Gasteiger partial charge in [0, 0.05) is 6.42 Å². The zero-order valence-corrected chi connectivity index (χ0v) is 12.1. The van der Waals surface area contributed by atoms with Gasteiger partial charge in [-0.3, -0.25) is 0 Å². The van der Waals surface area contributed by atoms with Gasteiger partial charge in [-0.15, -0.1) is 0 Å². The topological polar surface area (TPSA) is 29.5 Å². The fourth-order valence-electron chi connectivity index (χ4n) is 1.85. The lowest BCUT2D eigenvalue weighted by Crippen LogP contribution is -2.33. The van der Waals surface area contributed by atoms with Crippen molar-refractivity contribution >= 4 is 0 Å². The van der Waals surface area contributed by atoms with Gasteiger partial charge in [0.05, 0.1) is 17.8 Å². The third-order valence-electron chi connectivity index (χ3n) is 3.33. The van der Waals surface area contributed by atoms with E-state index >= 15 is 0 Å². The van der Waals surface area contributed by atoms with Crippen LogP contribution in [0.25, 0.3) is 0 Å². The van der Waals surface area contributed by atoms with Crippen molar-refractivity contribution in [2.24, 2.45) is 0 Å². The fourth-order valence-corrected chi connectivity index (χ4v) is 1.85. The summed E-state index contributed by atoms with van der Waals surface area (Å²) in [6, 6.07) is 10.4. The molecule has 1 unspecified atom stereocenters. The van der Waals surface area contributed by atoms with Gasteiger partial charge in [0.25, 0.3) is 0 Å². The van der Waals surface area contributed by atoms with E-state index in [2.05, 4.69) is 38.1 Å². The molecule has 0 spiro atoms. The molecule has 2 heteroatoms. The summed E-state index contributed by atoms with van der Waals surface area (Å²) in [5.41, 5.74) is 0.499. The first kappa shape index (κ1) is 15.2. The zero-order valence-electron chi connectivity index (χ0n) is 12.1. The van der Waals surface area contributed by atoms with E-state index in [4.69, 9.17) is 4.74 Å². The lowest BCUT2D eigenvalue weighted by molar-refractivity contribution is -0.0579. The molecular weight excluding hydrogens is 224 g/mol. The van der Waals surface area contributed by atoms with Crippen LogP contribution in [0.1, 0.15) is 46.1 Å². The van der Waals surface area contributed by atoms with Gasteiger partial charge in [-0.25, -0.2) is 0 Å². The quantitative estimate of drug-likeness (QED) is 0.801. The van der Waals surface area contributed by atoms with Crippen molar-refractivity contribution < 1.29 is 9.84 Å². The Morgan fingerprint density at radius 2 is 1.72 bits per heavy atom. The van der Waals surface area contributed by atoms with Crippen molar-refractivity contribution in [1.82, 2.24) is 0 Å². The highest BCUT2D eigenvalue weighted by Gasteiger charge is 2.24. The fraction of sp³-hybridized carbons (Fsp3) is 0.625. The predicted octanol–water partition coefficient (Wildman–Crippen LogP) is 3.58. The Bertz CT molecular complexity index is 340. The van der Waals surface area contributed by atoms with E-state index in [-0.39, 0.29) is 5.60 Å². The van der Waals surface area contributed by atoms with Crippen LogP contribution in [0.3, 0.4) is 0 Å². The van der Waals surface area contributed by atoms with E-state index in [9.17, 15) is 5.11 Å². The minimum atomic E-state index is -0.651. The molecule has 0 bridgehead atoms. The Morgan fingerprint density at radius 1 is 1.11 bits per heavy atom. The summed E-state index contributed by atoms with van der Waals surface area (Å²) < 4.78 is 6.00. The molecule has 1 atom stereocenters. The Labute approximate surface area is 111 Å². The van der Waals surface area contributed by atoms with Crippen LogP contribution in [0.15, 0.2) is 30.3 Å². The summed E-state index contributed by atoms with van der Waals surface area (Å²) in [5, 5.41) is 9.70. The third kappa shape index (κ3) is 5.65. The molecular formula is C16H26O2. The van der Waals surface area contributed by atoms with Crippen molar-refractivity contribution in [2.45, 2.75) is 58.2 Å². The number of hydrogen-bond acceptors (Lipinski definition) is 2. The normalized spacial score (nSPS) is 15.4. The number of hydrogen-bond donors (Lipinski definition) is 1.